The fraction of sp³-hybridized carbons (Fsp3) is 0.158. The summed E-state index contributed by atoms with van der Waals surface area (Å²) in [5, 5.41) is 2.80. The molecule has 2 aromatic carbocycles. The topological polar surface area (TPSA) is 56.0 Å². The molecule has 3 rings (SSSR count). The Bertz CT molecular complexity index is 952. The van der Waals surface area contributed by atoms with Gasteiger partial charge in [-0.3, -0.25) is 19.0 Å². The normalized spacial score (nSPS) is 10.6. The highest BCUT2D eigenvalue weighted by Crippen LogP contribution is 2.25. The lowest BCUT2D eigenvalue weighted by Crippen LogP contribution is -2.22. The van der Waals surface area contributed by atoms with E-state index >= 15 is 0 Å². The van der Waals surface area contributed by atoms with E-state index in [2.05, 4.69) is 5.32 Å². The molecule has 3 aromatic rings. The zero-order valence-electron chi connectivity index (χ0n) is 13.9. The number of hydrogen-bond donors (Lipinski definition) is 1. The minimum atomic E-state index is -0.284. The smallest absolute Gasteiger partial charge is 0.290 e. The Kier molecular flexibility index (Phi) is 4.08. The average molecular weight is 321 g/mol. The van der Waals surface area contributed by atoms with Gasteiger partial charge in [-0.15, -0.1) is 0 Å². The quantitative estimate of drug-likeness (QED) is 0.806. The van der Waals surface area contributed by atoms with Gasteiger partial charge < -0.3 is 5.32 Å². The van der Waals surface area contributed by atoms with E-state index in [1.54, 1.807) is 24.8 Å². The lowest BCUT2D eigenvalue weighted by atomic mass is 10.1. The largest absolute Gasteiger partial charge is 0.315 e. The molecule has 0 aliphatic rings. The van der Waals surface area contributed by atoms with Crippen LogP contribution in [0.2, 0.25) is 0 Å². The van der Waals surface area contributed by atoms with Gasteiger partial charge in [-0.05, 0) is 18.6 Å². The molecule has 0 saturated carbocycles. The Balaban J connectivity index is 2.09. The van der Waals surface area contributed by atoms with Gasteiger partial charge in [0.1, 0.15) is 5.69 Å². The highest BCUT2D eigenvalue weighted by Gasteiger charge is 2.20. The van der Waals surface area contributed by atoms with Crippen molar-refractivity contribution in [2.45, 2.75) is 6.92 Å². The number of benzene rings is 2. The molecule has 1 amide bonds. The second kappa shape index (κ2) is 6.20. The van der Waals surface area contributed by atoms with Crippen molar-refractivity contribution in [1.82, 2.24) is 9.36 Å². The number of rotatable bonds is 3. The van der Waals surface area contributed by atoms with E-state index in [0.717, 1.165) is 11.1 Å². The molecule has 0 radical (unpaired) electrons. The lowest BCUT2D eigenvalue weighted by Gasteiger charge is -2.09. The Morgan fingerprint density at radius 3 is 2.21 bits per heavy atom. The van der Waals surface area contributed by atoms with Gasteiger partial charge in [-0.2, -0.15) is 0 Å². The predicted octanol–water partition coefficient (Wildman–Crippen LogP) is 2.95. The van der Waals surface area contributed by atoms with Crippen molar-refractivity contribution in [1.29, 1.82) is 0 Å². The molecule has 0 fully saturated rings. The third-order valence-electron chi connectivity index (χ3n) is 4.19. The van der Waals surface area contributed by atoms with Crippen molar-refractivity contribution < 1.29 is 4.79 Å². The monoisotopic (exact) mass is 321 g/mol. The van der Waals surface area contributed by atoms with Crippen LogP contribution in [0.25, 0.3) is 11.3 Å². The second-order valence-electron chi connectivity index (χ2n) is 5.71. The van der Waals surface area contributed by atoms with E-state index < -0.39 is 0 Å². The van der Waals surface area contributed by atoms with Crippen LogP contribution in [0.4, 0.5) is 5.69 Å². The molecule has 0 unspecified atom stereocenters. The molecule has 0 aliphatic heterocycles. The van der Waals surface area contributed by atoms with Crippen LogP contribution in [0.3, 0.4) is 0 Å². The Hall–Kier alpha value is -3.08. The summed E-state index contributed by atoms with van der Waals surface area (Å²) in [6, 6.07) is 16.9. The highest BCUT2D eigenvalue weighted by molar-refractivity contribution is 6.06. The summed E-state index contributed by atoms with van der Waals surface area (Å²) < 4.78 is 3.22. The lowest BCUT2D eigenvalue weighted by molar-refractivity contribution is 0.102. The van der Waals surface area contributed by atoms with Crippen molar-refractivity contribution in [2.75, 3.05) is 5.32 Å². The maximum Gasteiger partial charge on any atom is 0.290 e. The first-order valence-electron chi connectivity index (χ1n) is 7.69. The molecule has 5 heteroatoms. The third kappa shape index (κ3) is 2.65. The summed E-state index contributed by atoms with van der Waals surface area (Å²) in [6.45, 7) is 1.87. The van der Waals surface area contributed by atoms with Crippen LogP contribution in [-0.2, 0) is 14.1 Å². The number of carbonyl (C=O) groups excluding carboxylic acids is 1. The molecule has 0 saturated heterocycles. The van der Waals surface area contributed by atoms with E-state index in [0.29, 0.717) is 16.9 Å². The van der Waals surface area contributed by atoms with Gasteiger partial charge in [0.2, 0.25) is 0 Å². The van der Waals surface area contributed by atoms with E-state index in [-0.39, 0.29) is 11.5 Å². The van der Waals surface area contributed by atoms with Gasteiger partial charge in [-0.1, -0.05) is 48.5 Å². The van der Waals surface area contributed by atoms with Gasteiger partial charge in [0.25, 0.3) is 11.5 Å². The number of aromatic nitrogens is 2. The number of nitrogens with zero attached hydrogens (tertiary/aromatic N) is 2. The summed E-state index contributed by atoms with van der Waals surface area (Å²) in [4.78, 5) is 25.2. The predicted molar refractivity (Wildman–Crippen MR) is 95.2 cm³/mol. The third-order valence-corrected chi connectivity index (χ3v) is 4.19. The van der Waals surface area contributed by atoms with Gasteiger partial charge in [0.05, 0.1) is 5.69 Å². The maximum absolute atomic E-state index is 12.6. The van der Waals surface area contributed by atoms with Crippen LogP contribution in [-0.4, -0.2) is 15.3 Å². The van der Waals surface area contributed by atoms with Crippen LogP contribution in [0.1, 0.15) is 15.9 Å². The second-order valence-corrected chi connectivity index (χ2v) is 5.71. The SMILES string of the molecule is Cc1ccccc1C(=O)Nc1c(-c2ccccc2)n(C)n(C)c1=O. The zero-order valence-corrected chi connectivity index (χ0v) is 13.9. The summed E-state index contributed by atoms with van der Waals surface area (Å²) in [5.41, 5.74) is 3.03. The van der Waals surface area contributed by atoms with E-state index in [1.165, 1.54) is 4.68 Å². The molecule has 0 aliphatic carbocycles. The van der Waals surface area contributed by atoms with E-state index in [1.807, 2.05) is 55.5 Å². The van der Waals surface area contributed by atoms with Gasteiger partial charge >= 0.3 is 0 Å². The van der Waals surface area contributed by atoms with Gasteiger partial charge in [0, 0.05) is 25.2 Å². The molecule has 24 heavy (non-hydrogen) atoms. The Labute approximate surface area is 140 Å². The molecule has 122 valence electrons. The maximum atomic E-state index is 12.6. The van der Waals surface area contributed by atoms with Crippen molar-refractivity contribution >= 4 is 11.6 Å². The summed E-state index contributed by atoms with van der Waals surface area (Å²) in [5.74, 6) is -0.284. The minimum Gasteiger partial charge on any atom is -0.315 e. The molecule has 5 nitrogen and oxygen atoms in total. The summed E-state index contributed by atoms with van der Waals surface area (Å²) in [6.07, 6.45) is 0. The first kappa shape index (κ1) is 15.8. The van der Waals surface area contributed by atoms with Crippen LogP contribution >= 0.6 is 0 Å². The highest BCUT2D eigenvalue weighted by atomic mass is 16.2. The Morgan fingerprint density at radius 1 is 0.917 bits per heavy atom. The van der Waals surface area contributed by atoms with Crippen LogP contribution in [0.5, 0.6) is 0 Å². The average Bonchev–Trinajstić information content (AvgIpc) is 2.80. The fourth-order valence-electron chi connectivity index (χ4n) is 2.76. The van der Waals surface area contributed by atoms with Crippen molar-refractivity contribution in [2.24, 2.45) is 14.1 Å². The number of aryl methyl sites for hydroxylation is 1. The molecule has 1 heterocycles. The molecular weight excluding hydrogens is 302 g/mol. The Morgan fingerprint density at radius 2 is 1.54 bits per heavy atom. The first-order chi connectivity index (χ1) is 11.5. The minimum absolute atomic E-state index is 0.238. The van der Waals surface area contributed by atoms with Crippen LogP contribution < -0.4 is 10.9 Å². The van der Waals surface area contributed by atoms with Crippen LogP contribution in [0, 0.1) is 6.92 Å². The first-order valence-corrected chi connectivity index (χ1v) is 7.69. The molecule has 0 bridgehead atoms. The van der Waals surface area contributed by atoms with Crippen molar-refractivity contribution in [3.8, 4) is 11.3 Å². The van der Waals surface area contributed by atoms with Gasteiger partial charge in [-0.25, -0.2) is 0 Å². The zero-order chi connectivity index (χ0) is 17.3. The number of anilines is 1. The van der Waals surface area contributed by atoms with Crippen molar-refractivity contribution in [3.63, 3.8) is 0 Å². The standard InChI is InChI=1S/C19H19N3O2/c1-13-9-7-8-12-15(13)18(23)20-16-17(14-10-5-4-6-11-14)21(2)22(3)19(16)24/h4-12H,1-3H3,(H,20,23). The van der Waals surface area contributed by atoms with E-state index in [4.69, 9.17) is 0 Å². The number of hydrogen-bond acceptors (Lipinski definition) is 2. The number of amides is 1. The number of nitrogens with one attached hydrogen (secondary N) is 1. The van der Waals surface area contributed by atoms with E-state index in [9.17, 15) is 9.59 Å². The molecule has 0 spiro atoms. The molecule has 1 N–H and O–H groups in total. The molecule has 0 atom stereocenters. The number of carbonyl (C=O) groups is 1. The summed E-state index contributed by atoms with van der Waals surface area (Å²) in [7, 11) is 3.48. The molecular formula is C19H19N3O2. The van der Waals surface area contributed by atoms with Gasteiger partial charge in [0.15, 0.2) is 0 Å². The van der Waals surface area contributed by atoms with Crippen molar-refractivity contribution in [3.05, 3.63) is 76.1 Å². The molecule has 1 aromatic heterocycles. The fourth-order valence-corrected chi connectivity index (χ4v) is 2.76. The van der Waals surface area contributed by atoms with Crippen LogP contribution in [0.15, 0.2) is 59.4 Å². The summed E-state index contributed by atoms with van der Waals surface area (Å²) >= 11 is 0.